The summed E-state index contributed by atoms with van der Waals surface area (Å²) in [6.07, 6.45) is 19.4. The van der Waals surface area contributed by atoms with Gasteiger partial charge in [0.05, 0.1) is 6.61 Å². The molecule has 0 aliphatic carbocycles. The van der Waals surface area contributed by atoms with Crippen LogP contribution in [-0.2, 0) is 9.53 Å². The molecule has 0 aliphatic rings. The summed E-state index contributed by atoms with van der Waals surface area (Å²) in [5.41, 5.74) is 0.874. The summed E-state index contributed by atoms with van der Waals surface area (Å²) in [4.78, 5) is 12.3. The second-order valence-electron chi connectivity index (χ2n) is 9.11. The lowest BCUT2D eigenvalue weighted by atomic mass is 10.0. The van der Waals surface area contributed by atoms with Gasteiger partial charge in [-0.05, 0) is 30.7 Å². The first-order chi connectivity index (χ1) is 17.1. The zero-order valence-electron chi connectivity index (χ0n) is 21.2. The number of nitrogens with zero attached hydrogens (tertiary/aromatic N) is 1. The van der Waals surface area contributed by atoms with Gasteiger partial charge in [0.1, 0.15) is 23.2 Å². The molecule has 0 fully saturated rings. The van der Waals surface area contributed by atoms with E-state index in [9.17, 15) is 10.1 Å². The van der Waals surface area contributed by atoms with E-state index in [-0.39, 0.29) is 5.57 Å². The van der Waals surface area contributed by atoms with Crippen molar-refractivity contribution in [3.8, 4) is 17.4 Å². The number of unbranched alkanes of at least 4 members (excludes halogenated alkanes) is 13. The van der Waals surface area contributed by atoms with E-state index in [1.165, 1.54) is 83.1 Å². The molecule has 35 heavy (non-hydrogen) atoms. The summed E-state index contributed by atoms with van der Waals surface area (Å²) in [6, 6.07) is 13.2. The van der Waals surface area contributed by atoms with Gasteiger partial charge in [0.25, 0.3) is 0 Å². The minimum atomic E-state index is -0.594. The molecule has 1 aromatic carbocycles. The molecule has 190 valence electrons. The Morgan fingerprint density at radius 1 is 0.857 bits per heavy atom. The Morgan fingerprint density at radius 3 is 1.94 bits per heavy atom. The van der Waals surface area contributed by atoms with Gasteiger partial charge >= 0.3 is 5.97 Å². The molecule has 2 rings (SSSR count). The fourth-order valence-electron chi connectivity index (χ4n) is 4.02. The van der Waals surface area contributed by atoms with Crippen molar-refractivity contribution < 1.29 is 13.9 Å². The Bertz CT molecular complexity index is 924. The quantitative estimate of drug-likeness (QED) is 0.0814. The van der Waals surface area contributed by atoms with E-state index in [4.69, 9.17) is 9.15 Å². The van der Waals surface area contributed by atoms with Crippen LogP contribution in [-0.4, -0.2) is 12.6 Å². The Morgan fingerprint density at radius 2 is 1.40 bits per heavy atom. The maximum atomic E-state index is 12.3. The van der Waals surface area contributed by atoms with E-state index in [0.29, 0.717) is 18.1 Å². The highest BCUT2D eigenvalue weighted by Crippen LogP contribution is 2.25. The highest BCUT2D eigenvalue weighted by molar-refractivity contribution is 9.10. The van der Waals surface area contributed by atoms with Crippen molar-refractivity contribution >= 4 is 28.0 Å². The molecule has 0 unspecified atom stereocenters. The van der Waals surface area contributed by atoms with E-state index in [2.05, 4.69) is 22.9 Å². The van der Waals surface area contributed by atoms with Crippen molar-refractivity contribution in [1.29, 1.82) is 5.26 Å². The largest absolute Gasteiger partial charge is 0.462 e. The molecule has 4 nitrogen and oxygen atoms in total. The third kappa shape index (κ3) is 12.3. The lowest BCUT2D eigenvalue weighted by molar-refractivity contribution is -0.138. The van der Waals surface area contributed by atoms with E-state index >= 15 is 0 Å². The molecule has 0 radical (unpaired) electrons. The number of ether oxygens (including phenoxy) is 1. The first kappa shape index (κ1) is 28.9. The number of carbonyl (C=O) groups excluding carboxylic acids is 1. The number of hydrogen-bond acceptors (Lipinski definition) is 4. The molecule has 1 heterocycles. The van der Waals surface area contributed by atoms with Crippen LogP contribution in [0.1, 0.15) is 103 Å². The number of esters is 1. The Balaban J connectivity index is 1.55. The average molecular weight is 543 g/mol. The van der Waals surface area contributed by atoms with Crippen LogP contribution in [0.25, 0.3) is 17.4 Å². The number of hydrogen-bond donors (Lipinski definition) is 0. The molecule has 0 saturated heterocycles. The number of halogens is 1. The van der Waals surface area contributed by atoms with Crippen LogP contribution in [0.2, 0.25) is 0 Å². The topological polar surface area (TPSA) is 63.2 Å². The minimum absolute atomic E-state index is 0.0490. The number of rotatable bonds is 18. The predicted molar refractivity (Wildman–Crippen MR) is 147 cm³/mol. The fraction of sp³-hybridized carbons (Fsp3) is 0.533. The summed E-state index contributed by atoms with van der Waals surface area (Å²) in [5, 5.41) is 9.37. The molecule has 5 heteroatoms. The van der Waals surface area contributed by atoms with Gasteiger partial charge in [-0.15, -0.1) is 0 Å². The Labute approximate surface area is 219 Å². The van der Waals surface area contributed by atoms with Crippen LogP contribution < -0.4 is 0 Å². The summed E-state index contributed by atoms with van der Waals surface area (Å²) in [6.45, 7) is 2.61. The van der Waals surface area contributed by atoms with E-state index in [1.54, 1.807) is 6.07 Å². The molecule has 0 atom stereocenters. The van der Waals surface area contributed by atoms with Gasteiger partial charge in [-0.3, -0.25) is 0 Å². The van der Waals surface area contributed by atoms with Crippen LogP contribution in [0, 0.1) is 11.3 Å². The molecular weight excluding hydrogens is 502 g/mol. The third-order valence-electron chi connectivity index (χ3n) is 6.11. The summed E-state index contributed by atoms with van der Waals surface area (Å²) >= 11 is 3.41. The van der Waals surface area contributed by atoms with Gasteiger partial charge in [-0.2, -0.15) is 5.26 Å². The predicted octanol–water partition coefficient (Wildman–Crippen LogP) is 9.64. The van der Waals surface area contributed by atoms with Crippen LogP contribution in [0.4, 0.5) is 0 Å². The van der Waals surface area contributed by atoms with E-state index in [0.717, 1.165) is 22.9 Å². The van der Waals surface area contributed by atoms with Crippen LogP contribution in [0.3, 0.4) is 0 Å². The normalized spacial score (nSPS) is 11.4. The summed E-state index contributed by atoms with van der Waals surface area (Å²) in [7, 11) is 0. The molecule has 0 saturated carbocycles. The number of furan rings is 1. The Hall–Kier alpha value is -2.32. The van der Waals surface area contributed by atoms with Gasteiger partial charge in [0.2, 0.25) is 0 Å². The highest BCUT2D eigenvalue weighted by Gasteiger charge is 2.12. The van der Waals surface area contributed by atoms with E-state index < -0.39 is 5.97 Å². The molecule has 0 bridgehead atoms. The summed E-state index contributed by atoms with van der Waals surface area (Å²) in [5.74, 6) is 0.536. The molecule has 1 aromatic heterocycles. The maximum absolute atomic E-state index is 12.3. The monoisotopic (exact) mass is 541 g/mol. The zero-order valence-corrected chi connectivity index (χ0v) is 22.8. The van der Waals surface area contributed by atoms with Crippen molar-refractivity contribution in [1.82, 2.24) is 0 Å². The second-order valence-corrected chi connectivity index (χ2v) is 10.0. The fourth-order valence-corrected chi connectivity index (χ4v) is 4.28. The van der Waals surface area contributed by atoms with Gasteiger partial charge in [-0.1, -0.05) is 118 Å². The van der Waals surface area contributed by atoms with Crippen molar-refractivity contribution in [2.45, 2.75) is 96.8 Å². The van der Waals surface area contributed by atoms with Crippen molar-refractivity contribution in [3.05, 3.63) is 52.2 Å². The third-order valence-corrected chi connectivity index (χ3v) is 6.64. The van der Waals surface area contributed by atoms with Gasteiger partial charge in [0.15, 0.2) is 0 Å². The molecule has 0 amide bonds. The van der Waals surface area contributed by atoms with Crippen molar-refractivity contribution in [3.63, 3.8) is 0 Å². The second kappa shape index (κ2) is 18.0. The number of carbonyl (C=O) groups is 1. The summed E-state index contributed by atoms with van der Waals surface area (Å²) < 4.78 is 12.1. The van der Waals surface area contributed by atoms with Gasteiger partial charge in [-0.25, -0.2) is 4.79 Å². The first-order valence-electron chi connectivity index (χ1n) is 13.3. The molecular formula is C30H40BrNO3. The van der Waals surface area contributed by atoms with Crippen molar-refractivity contribution in [2.24, 2.45) is 0 Å². The molecule has 0 N–H and O–H groups in total. The molecule has 2 aromatic rings. The highest BCUT2D eigenvalue weighted by atomic mass is 79.9. The molecule has 0 aliphatic heterocycles. The lowest BCUT2D eigenvalue weighted by Gasteiger charge is -2.05. The first-order valence-corrected chi connectivity index (χ1v) is 14.1. The lowest BCUT2D eigenvalue weighted by Crippen LogP contribution is -2.07. The molecule has 0 spiro atoms. The van der Waals surface area contributed by atoms with Gasteiger partial charge < -0.3 is 9.15 Å². The Kier molecular flexibility index (Phi) is 14.9. The van der Waals surface area contributed by atoms with Crippen LogP contribution in [0.5, 0.6) is 0 Å². The number of nitriles is 1. The van der Waals surface area contributed by atoms with E-state index in [1.807, 2.05) is 36.4 Å². The average Bonchev–Trinajstić information content (AvgIpc) is 3.33. The maximum Gasteiger partial charge on any atom is 0.349 e. The SMILES string of the molecule is CCCCCCCCCCCCCCCCOC(=O)C(C#N)=Cc1ccc(-c2ccc(Br)cc2)o1. The zero-order chi connectivity index (χ0) is 25.1. The van der Waals surface area contributed by atoms with Crippen LogP contribution in [0.15, 0.2) is 50.9 Å². The minimum Gasteiger partial charge on any atom is -0.462 e. The van der Waals surface area contributed by atoms with Crippen molar-refractivity contribution in [2.75, 3.05) is 6.61 Å². The number of benzene rings is 1. The van der Waals surface area contributed by atoms with Gasteiger partial charge in [0, 0.05) is 16.1 Å². The van der Waals surface area contributed by atoms with Crippen LogP contribution >= 0.6 is 15.9 Å². The smallest absolute Gasteiger partial charge is 0.349 e. The standard InChI is InChI=1S/C30H40BrNO3/c1-2-3-4-5-6-7-8-9-10-11-12-13-14-15-22-34-30(33)26(24-32)23-28-20-21-29(35-28)25-16-18-27(31)19-17-25/h16-21,23H,2-15,22H2,1H3.